The van der Waals surface area contributed by atoms with Crippen molar-refractivity contribution in [2.45, 2.75) is 45.4 Å². The SMILES string of the molecule is CC(Cc1ccsc1)NC(C)C(C)O. The highest BCUT2D eigenvalue weighted by atomic mass is 32.1. The minimum Gasteiger partial charge on any atom is -0.392 e. The van der Waals surface area contributed by atoms with Gasteiger partial charge in [0.25, 0.3) is 0 Å². The fourth-order valence-electron chi connectivity index (χ4n) is 1.41. The second-order valence-electron chi connectivity index (χ2n) is 3.93. The first-order valence-corrected chi connectivity index (χ1v) is 5.99. The number of aliphatic hydroxyl groups excluding tert-OH is 1. The van der Waals surface area contributed by atoms with Crippen molar-refractivity contribution < 1.29 is 5.11 Å². The van der Waals surface area contributed by atoms with Crippen molar-refractivity contribution in [3.8, 4) is 0 Å². The molecular formula is C11H19NOS. The van der Waals surface area contributed by atoms with Gasteiger partial charge in [-0.15, -0.1) is 0 Å². The highest BCUT2D eigenvalue weighted by molar-refractivity contribution is 7.07. The van der Waals surface area contributed by atoms with Crippen molar-refractivity contribution in [1.29, 1.82) is 0 Å². The summed E-state index contributed by atoms with van der Waals surface area (Å²) in [6.45, 7) is 5.97. The Hall–Kier alpha value is -0.380. The van der Waals surface area contributed by atoms with Gasteiger partial charge < -0.3 is 10.4 Å². The maximum absolute atomic E-state index is 9.34. The fourth-order valence-corrected chi connectivity index (χ4v) is 2.09. The molecule has 0 spiro atoms. The van der Waals surface area contributed by atoms with Crippen LogP contribution < -0.4 is 5.32 Å². The quantitative estimate of drug-likeness (QED) is 0.784. The highest BCUT2D eigenvalue weighted by Crippen LogP contribution is 2.09. The van der Waals surface area contributed by atoms with Crippen LogP contribution in [0.25, 0.3) is 0 Å². The first kappa shape index (κ1) is 11.7. The molecule has 0 aliphatic carbocycles. The van der Waals surface area contributed by atoms with Crippen LogP contribution in [0.4, 0.5) is 0 Å². The largest absolute Gasteiger partial charge is 0.392 e. The minimum atomic E-state index is -0.292. The van der Waals surface area contributed by atoms with Gasteiger partial charge in [0.15, 0.2) is 0 Å². The summed E-state index contributed by atoms with van der Waals surface area (Å²) < 4.78 is 0. The number of hydrogen-bond donors (Lipinski definition) is 2. The van der Waals surface area contributed by atoms with E-state index in [1.54, 1.807) is 11.3 Å². The molecule has 1 aromatic rings. The van der Waals surface area contributed by atoms with E-state index in [1.807, 2.05) is 13.8 Å². The van der Waals surface area contributed by atoms with E-state index in [4.69, 9.17) is 0 Å². The van der Waals surface area contributed by atoms with Crippen molar-refractivity contribution in [3.63, 3.8) is 0 Å². The molecule has 3 heteroatoms. The molecule has 1 heterocycles. The Morgan fingerprint density at radius 1 is 1.43 bits per heavy atom. The molecule has 0 saturated carbocycles. The maximum atomic E-state index is 9.34. The average molecular weight is 213 g/mol. The monoisotopic (exact) mass is 213 g/mol. The predicted octanol–water partition coefficient (Wildman–Crippen LogP) is 2.04. The standard InChI is InChI=1S/C11H19NOS/c1-8(12-9(2)10(3)13)6-11-4-5-14-7-11/h4-5,7-10,12-13H,6H2,1-3H3. The molecule has 0 bridgehead atoms. The fraction of sp³-hybridized carbons (Fsp3) is 0.636. The van der Waals surface area contributed by atoms with E-state index in [1.165, 1.54) is 5.56 Å². The highest BCUT2D eigenvalue weighted by Gasteiger charge is 2.12. The molecule has 3 atom stereocenters. The Kier molecular flexibility index (Phi) is 4.58. The Balaban J connectivity index is 2.32. The summed E-state index contributed by atoms with van der Waals surface area (Å²) in [6.07, 6.45) is 0.737. The second-order valence-corrected chi connectivity index (χ2v) is 4.71. The third kappa shape index (κ3) is 3.78. The van der Waals surface area contributed by atoms with Crippen LogP contribution in [-0.4, -0.2) is 23.3 Å². The Bertz CT molecular complexity index is 246. The number of thiophene rings is 1. The lowest BCUT2D eigenvalue weighted by molar-refractivity contribution is 0.147. The summed E-state index contributed by atoms with van der Waals surface area (Å²) in [5, 5.41) is 17.0. The van der Waals surface area contributed by atoms with Crippen molar-refractivity contribution in [3.05, 3.63) is 22.4 Å². The minimum absolute atomic E-state index is 0.156. The number of aliphatic hydroxyl groups is 1. The van der Waals surface area contributed by atoms with Gasteiger partial charge in [0.2, 0.25) is 0 Å². The zero-order valence-corrected chi connectivity index (χ0v) is 9.84. The van der Waals surface area contributed by atoms with Crippen LogP contribution >= 0.6 is 11.3 Å². The lowest BCUT2D eigenvalue weighted by Gasteiger charge is -2.21. The van der Waals surface area contributed by atoms with Gasteiger partial charge in [0, 0.05) is 12.1 Å². The van der Waals surface area contributed by atoms with Crippen molar-refractivity contribution in [2.24, 2.45) is 0 Å². The van der Waals surface area contributed by atoms with Crippen LogP contribution in [0.3, 0.4) is 0 Å². The van der Waals surface area contributed by atoms with Crippen molar-refractivity contribution in [2.75, 3.05) is 0 Å². The van der Waals surface area contributed by atoms with Crippen LogP contribution in [0.2, 0.25) is 0 Å². The Morgan fingerprint density at radius 2 is 2.14 bits per heavy atom. The Morgan fingerprint density at radius 3 is 2.64 bits per heavy atom. The zero-order valence-electron chi connectivity index (χ0n) is 9.03. The molecule has 0 aliphatic heterocycles. The van der Waals surface area contributed by atoms with Crippen LogP contribution in [-0.2, 0) is 6.42 Å². The molecule has 2 N–H and O–H groups in total. The average Bonchev–Trinajstić information content (AvgIpc) is 2.56. The van der Waals surface area contributed by atoms with E-state index in [-0.39, 0.29) is 12.1 Å². The summed E-state index contributed by atoms with van der Waals surface area (Å²) in [6, 6.07) is 2.72. The molecule has 2 nitrogen and oxygen atoms in total. The number of hydrogen-bond acceptors (Lipinski definition) is 3. The van der Waals surface area contributed by atoms with Gasteiger partial charge in [0.05, 0.1) is 6.10 Å². The molecule has 0 radical (unpaired) electrons. The van der Waals surface area contributed by atoms with Crippen LogP contribution in [0, 0.1) is 0 Å². The number of nitrogens with one attached hydrogen (secondary N) is 1. The molecular weight excluding hydrogens is 194 g/mol. The van der Waals surface area contributed by atoms with E-state index in [9.17, 15) is 5.11 Å². The van der Waals surface area contributed by atoms with Gasteiger partial charge in [-0.05, 0) is 49.6 Å². The first-order chi connectivity index (χ1) is 6.59. The summed E-state index contributed by atoms with van der Waals surface area (Å²) in [5.41, 5.74) is 1.37. The van der Waals surface area contributed by atoms with Gasteiger partial charge in [0.1, 0.15) is 0 Å². The molecule has 0 fully saturated rings. The van der Waals surface area contributed by atoms with Gasteiger partial charge in [-0.2, -0.15) is 11.3 Å². The van der Waals surface area contributed by atoms with E-state index in [0.717, 1.165) is 6.42 Å². The molecule has 1 aromatic heterocycles. The second kappa shape index (κ2) is 5.49. The molecule has 14 heavy (non-hydrogen) atoms. The topological polar surface area (TPSA) is 32.3 Å². The molecule has 3 unspecified atom stereocenters. The molecule has 0 aromatic carbocycles. The predicted molar refractivity (Wildman–Crippen MR) is 61.8 cm³/mol. The summed E-state index contributed by atoms with van der Waals surface area (Å²) >= 11 is 1.73. The van der Waals surface area contributed by atoms with Gasteiger partial charge >= 0.3 is 0 Å². The Labute approximate surface area is 90.0 Å². The smallest absolute Gasteiger partial charge is 0.0662 e. The molecule has 0 saturated heterocycles. The summed E-state index contributed by atoms with van der Waals surface area (Å²) in [7, 11) is 0. The molecule has 80 valence electrons. The summed E-state index contributed by atoms with van der Waals surface area (Å²) in [5.74, 6) is 0. The first-order valence-electron chi connectivity index (χ1n) is 5.04. The van der Waals surface area contributed by atoms with Gasteiger partial charge in [-0.1, -0.05) is 0 Å². The van der Waals surface area contributed by atoms with Crippen molar-refractivity contribution in [1.82, 2.24) is 5.32 Å². The lowest BCUT2D eigenvalue weighted by Crippen LogP contribution is -2.41. The zero-order chi connectivity index (χ0) is 10.6. The lowest BCUT2D eigenvalue weighted by atomic mass is 10.1. The molecule has 0 amide bonds. The van der Waals surface area contributed by atoms with Crippen LogP contribution in [0.15, 0.2) is 16.8 Å². The van der Waals surface area contributed by atoms with Crippen molar-refractivity contribution >= 4 is 11.3 Å². The van der Waals surface area contributed by atoms with E-state index in [2.05, 4.69) is 29.1 Å². The third-order valence-corrected chi connectivity index (χ3v) is 3.13. The van der Waals surface area contributed by atoms with E-state index < -0.39 is 0 Å². The van der Waals surface area contributed by atoms with Crippen LogP contribution in [0.1, 0.15) is 26.3 Å². The maximum Gasteiger partial charge on any atom is 0.0662 e. The molecule has 0 aliphatic rings. The molecule has 1 rings (SSSR count). The van der Waals surface area contributed by atoms with Crippen LogP contribution in [0.5, 0.6) is 0 Å². The third-order valence-electron chi connectivity index (χ3n) is 2.39. The number of rotatable bonds is 5. The van der Waals surface area contributed by atoms with E-state index >= 15 is 0 Å². The summed E-state index contributed by atoms with van der Waals surface area (Å²) in [4.78, 5) is 0. The normalized spacial score (nSPS) is 17.7. The van der Waals surface area contributed by atoms with E-state index in [0.29, 0.717) is 6.04 Å². The van der Waals surface area contributed by atoms with Gasteiger partial charge in [-0.3, -0.25) is 0 Å². The van der Waals surface area contributed by atoms with Gasteiger partial charge in [-0.25, -0.2) is 0 Å².